The number of ether oxygens (including phenoxy) is 2. The molecule has 2 saturated carbocycles. The average Bonchev–Trinajstić information content (AvgIpc) is 3.19. The maximum absolute atomic E-state index is 13.1. The molecule has 2 aliphatic carbocycles. The van der Waals surface area contributed by atoms with Crippen molar-refractivity contribution in [1.82, 2.24) is 10.3 Å². The Morgan fingerprint density at radius 3 is 2.72 bits per heavy atom. The smallest absolute Gasteiger partial charge is 0.416 e. The van der Waals surface area contributed by atoms with Crippen LogP contribution in [0.5, 0.6) is 0 Å². The van der Waals surface area contributed by atoms with Gasteiger partial charge in [0.1, 0.15) is 6.10 Å². The number of carbonyl (C=O) groups excluding carboxylic acids is 2. The van der Waals surface area contributed by atoms with Crippen LogP contribution in [0.25, 0.3) is 17.2 Å². The van der Waals surface area contributed by atoms with Crippen LogP contribution < -0.4 is 5.32 Å². The number of benzene rings is 1. The second-order valence-electron chi connectivity index (χ2n) is 10.8. The topological polar surface area (TPSA) is 77.5 Å². The summed E-state index contributed by atoms with van der Waals surface area (Å²) in [5, 5.41) is 2.97. The van der Waals surface area contributed by atoms with E-state index < -0.39 is 17.8 Å². The molecule has 0 bridgehead atoms. The van der Waals surface area contributed by atoms with Crippen LogP contribution in [0.3, 0.4) is 0 Å². The number of fused-ring (bicyclic) bond motifs is 2. The number of allylic oxidation sites excluding steroid dienone is 1. The highest BCUT2D eigenvalue weighted by atomic mass is 19.4. The van der Waals surface area contributed by atoms with Crippen LogP contribution in [0.1, 0.15) is 50.8 Å². The number of hydrogen-bond donors (Lipinski definition) is 1. The molecule has 1 aliphatic heterocycles. The van der Waals surface area contributed by atoms with Gasteiger partial charge in [0.15, 0.2) is 0 Å². The van der Waals surface area contributed by atoms with Crippen molar-refractivity contribution in [2.75, 3.05) is 6.61 Å². The van der Waals surface area contributed by atoms with Crippen molar-refractivity contribution in [3.63, 3.8) is 0 Å². The van der Waals surface area contributed by atoms with Crippen molar-refractivity contribution in [3.05, 3.63) is 59.9 Å². The van der Waals surface area contributed by atoms with Gasteiger partial charge in [-0.15, -0.1) is 0 Å². The van der Waals surface area contributed by atoms with Gasteiger partial charge in [0.05, 0.1) is 23.8 Å². The average molecular weight is 543 g/mol. The van der Waals surface area contributed by atoms with Gasteiger partial charge in [-0.3, -0.25) is 9.78 Å². The molecule has 1 amide bonds. The molecule has 9 heteroatoms. The van der Waals surface area contributed by atoms with E-state index in [1.165, 1.54) is 6.07 Å². The monoisotopic (exact) mass is 542 g/mol. The lowest BCUT2D eigenvalue weighted by Gasteiger charge is -2.47. The van der Waals surface area contributed by atoms with Crippen LogP contribution in [0.15, 0.2) is 48.7 Å². The van der Waals surface area contributed by atoms with Crippen LogP contribution in [-0.4, -0.2) is 35.8 Å². The fourth-order valence-corrected chi connectivity index (χ4v) is 6.85. The summed E-state index contributed by atoms with van der Waals surface area (Å²) in [7, 11) is 0. The fourth-order valence-electron chi connectivity index (χ4n) is 6.85. The van der Waals surface area contributed by atoms with Crippen molar-refractivity contribution in [2.45, 2.75) is 57.9 Å². The number of amides is 1. The molecular formula is C30H33F3N2O4. The molecule has 2 aromatic rings. The summed E-state index contributed by atoms with van der Waals surface area (Å²) < 4.78 is 50.1. The van der Waals surface area contributed by atoms with Gasteiger partial charge in [0, 0.05) is 23.7 Å². The first-order chi connectivity index (χ1) is 18.6. The maximum Gasteiger partial charge on any atom is 0.416 e. The molecule has 1 aromatic heterocycles. The Labute approximate surface area is 226 Å². The molecule has 7 atom stereocenters. The largest absolute Gasteiger partial charge is 0.462 e. The van der Waals surface area contributed by atoms with E-state index in [0.717, 1.165) is 37.8 Å². The Bertz CT molecular complexity index is 1230. The molecule has 6 nitrogen and oxygen atoms in total. The standard InChI is InChI=1S/C30H33F3N2O4/c1-3-38-29(37)35-23-10-11-24-20(14-23)15-26-27(17(2)39-28(26)36)25(24)12-9-22-8-7-19(16-34-22)18-5-4-6-21(13-18)30(31,32)33/h4-9,12-13,16-17,20,23-27H,3,10-11,14-15H2,1-2H3,(H,35,37)/b12-9+/t17-,20+,23-,24-,25+,26-,27+/m1/s1. The Balaban J connectivity index is 1.34. The second kappa shape index (κ2) is 11.0. The number of alkyl halides is 3. The Kier molecular flexibility index (Phi) is 7.69. The number of rotatable bonds is 5. The van der Waals surface area contributed by atoms with Crippen LogP contribution >= 0.6 is 0 Å². The molecule has 2 heterocycles. The van der Waals surface area contributed by atoms with Crippen molar-refractivity contribution in [2.24, 2.45) is 29.6 Å². The van der Waals surface area contributed by atoms with Gasteiger partial charge in [-0.2, -0.15) is 13.2 Å². The fraction of sp³-hybridized carbons (Fsp3) is 0.500. The van der Waals surface area contributed by atoms with Crippen LogP contribution in [0.2, 0.25) is 0 Å². The summed E-state index contributed by atoms with van der Waals surface area (Å²) in [4.78, 5) is 29.2. The highest BCUT2D eigenvalue weighted by Crippen LogP contribution is 2.53. The van der Waals surface area contributed by atoms with Gasteiger partial charge in [-0.1, -0.05) is 24.3 Å². The highest BCUT2D eigenvalue weighted by Gasteiger charge is 2.54. The number of halogens is 3. The number of nitrogens with one attached hydrogen (secondary N) is 1. The summed E-state index contributed by atoms with van der Waals surface area (Å²) in [6.07, 6.45) is 3.99. The van der Waals surface area contributed by atoms with E-state index in [-0.39, 0.29) is 41.8 Å². The molecule has 0 radical (unpaired) electrons. The van der Waals surface area contributed by atoms with Gasteiger partial charge < -0.3 is 14.8 Å². The molecule has 0 unspecified atom stereocenters. The third-order valence-electron chi connectivity index (χ3n) is 8.54. The lowest BCUT2D eigenvalue weighted by atomic mass is 9.57. The van der Waals surface area contributed by atoms with Crippen molar-refractivity contribution in [1.29, 1.82) is 0 Å². The van der Waals surface area contributed by atoms with Crippen molar-refractivity contribution in [3.8, 4) is 11.1 Å². The van der Waals surface area contributed by atoms with Crippen LogP contribution in [0, 0.1) is 29.6 Å². The Morgan fingerprint density at radius 1 is 1.18 bits per heavy atom. The normalized spacial score (nSPS) is 30.4. The number of carbonyl (C=O) groups is 2. The van der Waals surface area contributed by atoms with E-state index in [1.807, 2.05) is 13.0 Å². The first-order valence-electron chi connectivity index (χ1n) is 13.6. The minimum atomic E-state index is -4.40. The molecule has 0 spiro atoms. The zero-order chi connectivity index (χ0) is 27.7. The zero-order valence-corrected chi connectivity index (χ0v) is 22.0. The molecule has 208 valence electrons. The predicted octanol–water partition coefficient (Wildman–Crippen LogP) is 6.51. The van der Waals surface area contributed by atoms with Crippen LogP contribution in [-0.2, 0) is 20.4 Å². The first kappa shape index (κ1) is 27.2. The van der Waals surface area contributed by atoms with E-state index in [9.17, 15) is 22.8 Å². The summed E-state index contributed by atoms with van der Waals surface area (Å²) in [5.41, 5.74) is 1.06. The van der Waals surface area contributed by atoms with E-state index >= 15 is 0 Å². The molecule has 3 aliphatic rings. The summed E-state index contributed by atoms with van der Waals surface area (Å²) in [6.45, 7) is 4.05. The van der Waals surface area contributed by atoms with Gasteiger partial charge in [0.2, 0.25) is 0 Å². The maximum atomic E-state index is 13.1. The quantitative estimate of drug-likeness (QED) is 0.436. The highest BCUT2D eigenvalue weighted by molar-refractivity contribution is 5.75. The predicted molar refractivity (Wildman–Crippen MR) is 139 cm³/mol. The molecule has 39 heavy (non-hydrogen) atoms. The Hall–Kier alpha value is -3.36. The van der Waals surface area contributed by atoms with E-state index in [2.05, 4.69) is 16.4 Å². The van der Waals surface area contributed by atoms with Gasteiger partial charge in [-0.25, -0.2) is 4.79 Å². The number of alkyl carbamates (subject to hydrolysis) is 1. The van der Waals surface area contributed by atoms with E-state index in [1.54, 1.807) is 31.3 Å². The molecule has 1 aromatic carbocycles. The molecule has 1 saturated heterocycles. The molecule has 1 N–H and O–H groups in total. The van der Waals surface area contributed by atoms with Crippen molar-refractivity contribution < 1.29 is 32.2 Å². The van der Waals surface area contributed by atoms with Gasteiger partial charge in [0.25, 0.3) is 0 Å². The summed E-state index contributed by atoms with van der Waals surface area (Å²) in [5.74, 6) is 0.499. The number of aromatic nitrogens is 1. The van der Waals surface area contributed by atoms with E-state index in [4.69, 9.17) is 9.47 Å². The molecular weight excluding hydrogens is 509 g/mol. The Morgan fingerprint density at radius 2 is 2.00 bits per heavy atom. The lowest BCUT2D eigenvalue weighted by molar-refractivity contribution is -0.144. The number of nitrogens with zero attached hydrogens (tertiary/aromatic N) is 1. The second-order valence-corrected chi connectivity index (χ2v) is 10.8. The third kappa shape index (κ3) is 5.82. The minimum Gasteiger partial charge on any atom is -0.462 e. The SMILES string of the molecule is CCOC(=O)N[C@@H]1CC[C@@H]2[C@@H](C1)C[C@H]1C(=O)O[C@H](C)[C@H]1[C@H]2/C=C/c1ccc(-c2cccc(C(F)(F)F)c2)cn1. The molecule has 3 fully saturated rings. The van der Waals surface area contributed by atoms with Gasteiger partial charge >= 0.3 is 18.2 Å². The van der Waals surface area contributed by atoms with Gasteiger partial charge in [-0.05, 0) is 87.1 Å². The zero-order valence-electron chi connectivity index (χ0n) is 22.0. The third-order valence-corrected chi connectivity index (χ3v) is 8.54. The molecule has 5 rings (SSSR count). The number of esters is 1. The van der Waals surface area contributed by atoms with E-state index in [0.29, 0.717) is 29.3 Å². The van der Waals surface area contributed by atoms with Crippen molar-refractivity contribution >= 4 is 18.1 Å². The first-order valence-corrected chi connectivity index (χ1v) is 13.6. The van der Waals surface area contributed by atoms with Crippen LogP contribution in [0.4, 0.5) is 18.0 Å². The lowest BCUT2D eigenvalue weighted by Crippen LogP contribution is -2.48. The number of pyridine rings is 1. The number of cyclic esters (lactones) is 1. The summed E-state index contributed by atoms with van der Waals surface area (Å²) in [6, 6.07) is 8.79. The number of hydrogen-bond acceptors (Lipinski definition) is 5. The summed E-state index contributed by atoms with van der Waals surface area (Å²) >= 11 is 0. The minimum absolute atomic E-state index is 0.0198.